The van der Waals surface area contributed by atoms with Crippen LogP contribution in [0, 0.1) is 5.92 Å². The zero-order valence-corrected chi connectivity index (χ0v) is 17.0. The fourth-order valence-corrected chi connectivity index (χ4v) is 3.78. The molecule has 0 amide bonds. The van der Waals surface area contributed by atoms with Gasteiger partial charge in [0.05, 0.1) is 0 Å². The molecule has 0 aliphatic heterocycles. The van der Waals surface area contributed by atoms with E-state index in [-0.39, 0.29) is 5.54 Å². The van der Waals surface area contributed by atoms with E-state index in [9.17, 15) is 4.79 Å². The molecule has 1 N–H and O–H groups in total. The Kier molecular flexibility index (Phi) is 9.68. The fourth-order valence-electron chi connectivity index (χ4n) is 3.02. The van der Waals surface area contributed by atoms with E-state index in [1.54, 1.807) is 11.9 Å². The van der Waals surface area contributed by atoms with Crippen molar-refractivity contribution in [2.24, 2.45) is 5.92 Å². The number of aldehydes is 1. The van der Waals surface area contributed by atoms with Gasteiger partial charge in [-0.15, -0.1) is 0 Å². The lowest BCUT2D eigenvalue weighted by atomic mass is 9.91. The van der Waals surface area contributed by atoms with Gasteiger partial charge in [0, 0.05) is 16.0 Å². The molecule has 0 aromatic heterocycles. The van der Waals surface area contributed by atoms with E-state index in [0.29, 0.717) is 0 Å². The van der Waals surface area contributed by atoms with Crippen LogP contribution in [-0.4, -0.2) is 11.8 Å². The van der Waals surface area contributed by atoms with Gasteiger partial charge < -0.3 is 0 Å². The van der Waals surface area contributed by atoms with E-state index in [0.717, 1.165) is 24.2 Å². The summed E-state index contributed by atoms with van der Waals surface area (Å²) in [6, 6.07) is 6.18. The van der Waals surface area contributed by atoms with Gasteiger partial charge in [-0.05, 0) is 69.2 Å². The Morgan fingerprint density at radius 2 is 1.79 bits per heavy atom. The van der Waals surface area contributed by atoms with E-state index in [1.807, 2.05) is 12.1 Å². The largest absolute Gasteiger partial charge is 0.298 e. The molecule has 0 saturated carbocycles. The molecule has 0 heterocycles. The third-order valence-electron chi connectivity index (χ3n) is 4.17. The van der Waals surface area contributed by atoms with E-state index in [2.05, 4.69) is 45.4 Å². The highest BCUT2D eigenvalue weighted by molar-refractivity contribution is 7.97. The van der Waals surface area contributed by atoms with Crippen molar-refractivity contribution in [1.29, 1.82) is 0 Å². The lowest BCUT2D eigenvalue weighted by Gasteiger charge is -2.20. The summed E-state index contributed by atoms with van der Waals surface area (Å²) in [5.41, 5.74) is 2.11. The van der Waals surface area contributed by atoms with Gasteiger partial charge >= 0.3 is 0 Å². The molecule has 1 rings (SSSR count). The van der Waals surface area contributed by atoms with Crippen molar-refractivity contribution in [3.8, 4) is 0 Å². The van der Waals surface area contributed by atoms with Crippen LogP contribution < -0.4 is 4.72 Å². The van der Waals surface area contributed by atoms with Crippen molar-refractivity contribution in [3.63, 3.8) is 0 Å². The molecule has 3 heteroatoms. The van der Waals surface area contributed by atoms with Gasteiger partial charge in [0.15, 0.2) is 0 Å². The number of aryl methyl sites for hydroxylation is 1. The normalized spacial score (nSPS) is 11.9. The molecular weight excluding hydrogens is 314 g/mol. The van der Waals surface area contributed by atoms with Crippen molar-refractivity contribution in [2.45, 2.75) is 90.0 Å². The molecule has 0 saturated heterocycles. The molecule has 0 radical (unpaired) electrons. The Labute approximate surface area is 153 Å². The first-order valence-corrected chi connectivity index (χ1v) is 10.2. The molecule has 1 aromatic carbocycles. The number of carbonyl (C=O) groups excluding carboxylic acids is 1. The third kappa shape index (κ3) is 8.34. The van der Waals surface area contributed by atoms with Gasteiger partial charge in [-0.3, -0.25) is 9.52 Å². The Morgan fingerprint density at radius 3 is 2.33 bits per heavy atom. The number of benzene rings is 1. The van der Waals surface area contributed by atoms with E-state index >= 15 is 0 Å². The number of nitrogens with one attached hydrogen (secondary N) is 1. The molecule has 0 fully saturated rings. The van der Waals surface area contributed by atoms with Crippen LogP contribution in [0.15, 0.2) is 23.1 Å². The average Bonchev–Trinajstić information content (AvgIpc) is 2.53. The summed E-state index contributed by atoms with van der Waals surface area (Å²) < 4.78 is 3.44. The quantitative estimate of drug-likeness (QED) is 0.368. The summed E-state index contributed by atoms with van der Waals surface area (Å²) in [4.78, 5) is 12.5. The minimum Gasteiger partial charge on any atom is -0.298 e. The molecule has 0 unspecified atom stereocenters. The third-order valence-corrected chi connectivity index (χ3v) is 5.37. The maximum absolute atomic E-state index is 11.3. The van der Waals surface area contributed by atoms with Crippen LogP contribution in [-0.2, 0) is 6.42 Å². The highest BCUT2D eigenvalue weighted by Crippen LogP contribution is 2.24. The first-order chi connectivity index (χ1) is 11.4. The van der Waals surface area contributed by atoms with E-state index < -0.39 is 0 Å². The van der Waals surface area contributed by atoms with Crippen LogP contribution >= 0.6 is 11.9 Å². The lowest BCUT2D eigenvalue weighted by Crippen LogP contribution is -2.29. The molecule has 0 spiro atoms. The maximum atomic E-state index is 11.3. The molecule has 0 bridgehead atoms. The summed E-state index contributed by atoms with van der Waals surface area (Å²) in [5.74, 6) is 0.847. The zero-order chi connectivity index (χ0) is 18.0. The van der Waals surface area contributed by atoms with Crippen molar-refractivity contribution in [2.75, 3.05) is 0 Å². The highest BCUT2D eigenvalue weighted by Gasteiger charge is 2.11. The smallest absolute Gasteiger partial charge is 0.150 e. The second kappa shape index (κ2) is 10.9. The molecular formula is C21H35NOS. The van der Waals surface area contributed by atoms with E-state index in [1.165, 1.54) is 49.0 Å². The van der Waals surface area contributed by atoms with Crippen LogP contribution in [0.1, 0.15) is 89.1 Å². The van der Waals surface area contributed by atoms with Crippen LogP contribution in [0.2, 0.25) is 0 Å². The molecule has 0 aliphatic carbocycles. The second-order valence-corrected chi connectivity index (χ2v) is 8.65. The lowest BCUT2D eigenvalue weighted by molar-refractivity contribution is 0.112. The second-order valence-electron chi connectivity index (χ2n) is 7.77. The maximum Gasteiger partial charge on any atom is 0.150 e. The minimum absolute atomic E-state index is 0.0711. The van der Waals surface area contributed by atoms with Gasteiger partial charge in [0.25, 0.3) is 0 Å². The topological polar surface area (TPSA) is 29.1 Å². The summed E-state index contributed by atoms with van der Waals surface area (Å²) in [5, 5.41) is 0. The number of carbonyl (C=O) groups is 1. The van der Waals surface area contributed by atoms with Crippen LogP contribution in [0.3, 0.4) is 0 Å². The summed E-state index contributed by atoms with van der Waals surface area (Å²) in [7, 11) is 0. The minimum atomic E-state index is 0.0711. The number of hydrogen-bond acceptors (Lipinski definition) is 3. The molecule has 24 heavy (non-hydrogen) atoms. The van der Waals surface area contributed by atoms with Gasteiger partial charge in [0.2, 0.25) is 0 Å². The average molecular weight is 350 g/mol. The first-order valence-electron chi connectivity index (χ1n) is 9.41. The number of hydrogen-bond donors (Lipinski definition) is 1. The van der Waals surface area contributed by atoms with Gasteiger partial charge in [-0.2, -0.15) is 0 Å². The highest BCUT2D eigenvalue weighted by atomic mass is 32.2. The van der Waals surface area contributed by atoms with Gasteiger partial charge in [-0.1, -0.05) is 52.0 Å². The van der Waals surface area contributed by atoms with Gasteiger partial charge in [0.1, 0.15) is 6.29 Å². The summed E-state index contributed by atoms with van der Waals surface area (Å²) in [6.07, 6.45) is 9.66. The predicted molar refractivity (Wildman–Crippen MR) is 107 cm³/mol. The fraction of sp³-hybridized carbons (Fsp3) is 0.667. The molecule has 0 aliphatic rings. The van der Waals surface area contributed by atoms with Crippen molar-refractivity contribution < 1.29 is 4.79 Å². The summed E-state index contributed by atoms with van der Waals surface area (Å²) >= 11 is 1.65. The standard InChI is InChI=1S/C21H35NOS/c1-6-9-17(10-7-2)11-8-12-18-15-20(14-13-19(18)16-23)24-22-21(3,4)5/h13-17,22H,6-12H2,1-5H3. The van der Waals surface area contributed by atoms with Crippen molar-refractivity contribution in [1.82, 2.24) is 4.72 Å². The molecule has 1 aromatic rings. The summed E-state index contributed by atoms with van der Waals surface area (Å²) in [6.45, 7) is 11.0. The monoisotopic (exact) mass is 349 g/mol. The Bertz CT molecular complexity index is 487. The van der Waals surface area contributed by atoms with Crippen LogP contribution in [0.5, 0.6) is 0 Å². The Hall–Kier alpha value is -0.800. The van der Waals surface area contributed by atoms with Gasteiger partial charge in [-0.25, -0.2) is 0 Å². The van der Waals surface area contributed by atoms with Crippen LogP contribution in [0.25, 0.3) is 0 Å². The zero-order valence-electron chi connectivity index (χ0n) is 16.2. The van der Waals surface area contributed by atoms with Crippen LogP contribution in [0.4, 0.5) is 0 Å². The first kappa shape index (κ1) is 21.2. The van der Waals surface area contributed by atoms with E-state index in [4.69, 9.17) is 0 Å². The SMILES string of the molecule is CCCC(CCC)CCCc1cc(SNC(C)(C)C)ccc1C=O. The number of rotatable bonds is 11. The molecule has 0 atom stereocenters. The van der Waals surface area contributed by atoms with Crippen molar-refractivity contribution in [3.05, 3.63) is 29.3 Å². The predicted octanol–water partition coefficient (Wildman–Crippen LogP) is 6.43. The van der Waals surface area contributed by atoms with Crippen molar-refractivity contribution >= 4 is 18.2 Å². The molecule has 2 nitrogen and oxygen atoms in total. The Morgan fingerprint density at radius 1 is 1.12 bits per heavy atom. The molecule has 136 valence electrons. The Balaban J connectivity index is 2.65.